The molecule has 0 atom stereocenters. The molecule has 0 saturated heterocycles. The first kappa shape index (κ1) is 18.6. The minimum atomic E-state index is -0.304. The number of para-hydroxylation sites is 1. The molecule has 5 nitrogen and oxygen atoms in total. The molecule has 0 saturated carbocycles. The molecule has 0 aliphatic rings. The number of carbonyl (C=O) groups excluding carboxylic acids is 2. The lowest BCUT2D eigenvalue weighted by atomic mass is 10.1. The number of amides is 2. The van der Waals surface area contributed by atoms with Crippen molar-refractivity contribution in [2.75, 3.05) is 25.6 Å². The maximum Gasteiger partial charge on any atom is 0.253 e. The number of anilines is 1. The quantitative estimate of drug-likeness (QED) is 0.724. The number of methoxy groups -OCH3 is 1. The van der Waals surface area contributed by atoms with Crippen molar-refractivity contribution in [3.05, 3.63) is 65.5 Å². The molecule has 2 aromatic rings. The van der Waals surface area contributed by atoms with Crippen molar-refractivity contribution in [1.29, 1.82) is 0 Å². The number of hydrogen-bond acceptors (Lipinski definition) is 3. The fraction of sp³-hybridized carbons (Fsp3) is 0.263. The van der Waals surface area contributed by atoms with Gasteiger partial charge in [-0.15, -0.1) is 0 Å². The molecule has 0 aromatic heterocycles. The lowest BCUT2D eigenvalue weighted by Crippen LogP contribution is -2.28. The molecule has 0 heterocycles. The van der Waals surface area contributed by atoms with Crippen molar-refractivity contribution in [3.63, 3.8) is 0 Å². The van der Waals surface area contributed by atoms with Crippen LogP contribution in [0.4, 0.5) is 10.1 Å². The second-order valence-electron chi connectivity index (χ2n) is 5.47. The van der Waals surface area contributed by atoms with Crippen LogP contribution in [0.2, 0.25) is 0 Å². The van der Waals surface area contributed by atoms with Crippen LogP contribution >= 0.6 is 0 Å². The molecular formula is C19H21FN2O3. The summed E-state index contributed by atoms with van der Waals surface area (Å²) < 4.78 is 17.8. The molecule has 2 amide bonds. The molecule has 0 radical (unpaired) electrons. The predicted octanol–water partition coefficient (Wildman–Crippen LogP) is 2.77. The lowest BCUT2D eigenvalue weighted by molar-refractivity contribution is -0.116. The molecular weight excluding hydrogens is 323 g/mol. The molecule has 0 unspecified atom stereocenters. The number of nitrogens with one attached hydrogen (secondary N) is 2. The van der Waals surface area contributed by atoms with Crippen LogP contribution in [-0.2, 0) is 16.0 Å². The van der Waals surface area contributed by atoms with Gasteiger partial charge in [0.15, 0.2) is 0 Å². The zero-order chi connectivity index (χ0) is 18.1. The van der Waals surface area contributed by atoms with E-state index in [9.17, 15) is 14.0 Å². The molecule has 6 heteroatoms. The van der Waals surface area contributed by atoms with Crippen molar-refractivity contribution in [2.45, 2.75) is 12.8 Å². The van der Waals surface area contributed by atoms with Crippen molar-refractivity contribution >= 4 is 17.5 Å². The smallest absolute Gasteiger partial charge is 0.253 e. The third-order valence-corrected chi connectivity index (χ3v) is 3.59. The van der Waals surface area contributed by atoms with Gasteiger partial charge < -0.3 is 15.4 Å². The number of halogens is 1. The largest absolute Gasteiger partial charge is 0.383 e. The lowest BCUT2D eigenvalue weighted by Gasteiger charge is -2.11. The minimum absolute atomic E-state index is 0.207. The number of aryl methyl sites for hydroxylation is 1. The van der Waals surface area contributed by atoms with E-state index in [1.807, 2.05) is 0 Å². The predicted molar refractivity (Wildman–Crippen MR) is 94.0 cm³/mol. The maximum absolute atomic E-state index is 12.9. The SMILES string of the molecule is COCCNC(=O)c1ccccc1NC(=O)CCc1ccc(F)cc1. The van der Waals surface area contributed by atoms with Crippen molar-refractivity contribution in [2.24, 2.45) is 0 Å². The molecule has 0 spiro atoms. The molecule has 0 aliphatic heterocycles. The Labute approximate surface area is 146 Å². The molecule has 0 bridgehead atoms. The zero-order valence-corrected chi connectivity index (χ0v) is 14.0. The monoisotopic (exact) mass is 344 g/mol. The van der Waals surface area contributed by atoms with Gasteiger partial charge in [-0.05, 0) is 36.2 Å². The number of ether oxygens (including phenoxy) is 1. The number of carbonyl (C=O) groups is 2. The van der Waals surface area contributed by atoms with E-state index >= 15 is 0 Å². The highest BCUT2D eigenvalue weighted by Gasteiger charge is 2.12. The zero-order valence-electron chi connectivity index (χ0n) is 14.0. The Morgan fingerprint density at radius 2 is 1.80 bits per heavy atom. The van der Waals surface area contributed by atoms with Crippen molar-refractivity contribution < 1.29 is 18.7 Å². The van der Waals surface area contributed by atoms with Crippen LogP contribution in [0, 0.1) is 5.82 Å². The second-order valence-corrected chi connectivity index (χ2v) is 5.47. The Balaban J connectivity index is 1.93. The van der Waals surface area contributed by atoms with Crippen LogP contribution in [0.1, 0.15) is 22.3 Å². The van der Waals surface area contributed by atoms with Crippen molar-refractivity contribution in [3.8, 4) is 0 Å². The molecule has 2 rings (SSSR count). The molecule has 0 fully saturated rings. The molecule has 2 N–H and O–H groups in total. The third kappa shape index (κ3) is 6.00. The average molecular weight is 344 g/mol. The van der Waals surface area contributed by atoms with E-state index in [2.05, 4.69) is 10.6 Å². The van der Waals surface area contributed by atoms with Gasteiger partial charge in [-0.25, -0.2) is 4.39 Å². The summed E-state index contributed by atoms with van der Waals surface area (Å²) in [7, 11) is 1.56. The maximum atomic E-state index is 12.9. The van der Waals surface area contributed by atoms with Crippen LogP contribution in [0.5, 0.6) is 0 Å². The van der Waals surface area contributed by atoms with Gasteiger partial charge in [0.2, 0.25) is 5.91 Å². The van der Waals surface area contributed by atoms with E-state index in [-0.39, 0.29) is 24.1 Å². The minimum Gasteiger partial charge on any atom is -0.383 e. The van der Waals surface area contributed by atoms with Crippen LogP contribution < -0.4 is 10.6 Å². The number of hydrogen-bond donors (Lipinski definition) is 2. The summed E-state index contributed by atoms with van der Waals surface area (Å²) in [6, 6.07) is 12.9. The first-order valence-electron chi connectivity index (χ1n) is 8.00. The van der Waals surface area contributed by atoms with Crippen LogP contribution in [0.25, 0.3) is 0 Å². The Kier molecular flexibility index (Phi) is 7.10. The van der Waals surface area contributed by atoms with Crippen LogP contribution in [0.15, 0.2) is 48.5 Å². The van der Waals surface area contributed by atoms with Gasteiger partial charge in [0.1, 0.15) is 5.82 Å². The Morgan fingerprint density at radius 1 is 1.08 bits per heavy atom. The summed E-state index contributed by atoms with van der Waals surface area (Å²) in [5, 5.41) is 5.48. The van der Waals surface area contributed by atoms with E-state index < -0.39 is 0 Å². The van der Waals surface area contributed by atoms with E-state index in [4.69, 9.17) is 4.74 Å². The van der Waals surface area contributed by atoms with Gasteiger partial charge in [-0.1, -0.05) is 24.3 Å². The topological polar surface area (TPSA) is 67.4 Å². The first-order valence-corrected chi connectivity index (χ1v) is 8.00. The highest BCUT2D eigenvalue weighted by molar-refractivity contribution is 6.03. The number of rotatable bonds is 8. The normalized spacial score (nSPS) is 10.3. The number of benzene rings is 2. The third-order valence-electron chi connectivity index (χ3n) is 3.59. The van der Waals surface area contributed by atoms with Gasteiger partial charge in [-0.2, -0.15) is 0 Å². The summed E-state index contributed by atoms with van der Waals surface area (Å²) in [6.07, 6.45) is 0.736. The Morgan fingerprint density at radius 3 is 2.52 bits per heavy atom. The van der Waals surface area contributed by atoms with Crippen LogP contribution in [-0.4, -0.2) is 32.1 Å². The fourth-order valence-electron chi connectivity index (χ4n) is 2.27. The van der Waals surface area contributed by atoms with Crippen molar-refractivity contribution in [1.82, 2.24) is 5.32 Å². The van der Waals surface area contributed by atoms with Gasteiger partial charge >= 0.3 is 0 Å². The van der Waals surface area contributed by atoms with Gasteiger partial charge in [0.25, 0.3) is 5.91 Å². The van der Waals surface area contributed by atoms with Gasteiger partial charge in [0, 0.05) is 20.1 Å². The summed E-state index contributed by atoms with van der Waals surface area (Å²) in [6.45, 7) is 0.806. The average Bonchev–Trinajstić information content (AvgIpc) is 2.62. The second kappa shape index (κ2) is 9.54. The summed E-state index contributed by atoms with van der Waals surface area (Å²) in [4.78, 5) is 24.3. The Hall–Kier alpha value is -2.73. The van der Waals surface area contributed by atoms with E-state index in [1.165, 1.54) is 12.1 Å². The van der Waals surface area contributed by atoms with E-state index in [0.29, 0.717) is 30.8 Å². The fourth-order valence-corrected chi connectivity index (χ4v) is 2.27. The summed E-state index contributed by atoms with van der Waals surface area (Å²) >= 11 is 0. The Bertz CT molecular complexity index is 717. The van der Waals surface area contributed by atoms with E-state index in [1.54, 1.807) is 43.5 Å². The molecule has 0 aliphatic carbocycles. The highest BCUT2D eigenvalue weighted by atomic mass is 19.1. The highest BCUT2D eigenvalue weighted by Crippen LogP contribution is 2.16. The van der Waals surface area contributed by atoms with Gasteiger partial charge in [0.05, 0.1) is 17.9 Å². The molecule has 132 valence electrons. The molecule has 25 heavy (non-hydrogen) atoms. The summed E-state index contributed by atoms with van der Waals surface area (Å²) in [5.41, 5.74) is 1.73. The first-order chi connectivity index (χ1) is 12.1. The van der Waals surface area contributed by atoms with Crippen LogP contribution in [0.3, 0.4) is 0 Å². The van der Waals surface area contributed by atoms with E-state index in [0.717, 1.165) is 5.56 Å². The van der Waals surface area contributed by atoms with Gasteiger partial charge in [-0.3, -0.25) is 9.59 Å². The summed E-state index contributed by atoms with van der Waals surface area (Å²) in [5.74, 6) is -0.783. The molecule has 2 aromatic carbocycles. The standard InChI is InChI=1S/C19H21FN2O3/c1-25-13-12-21-19(24)16-4-2-3-5-17(16)22-18(23)11-8-14-6-9-15(20)10-7-14/h2-7,9-10H,8,11-13H2,1H3,(H,21,24)(H,22,23).